The zero-order chi connectivity index (χ0) is 22.4. The minimum atomic E-state index is -0.669. The van der Waals surface area contributed by atoms with Crippen LogP contribution in [0.1, 0.15) is 16.7 Å². The standard InChI is InChI=1S/C22H22FN5O3/c1-31-10-9-27(14-17-8-7-16(12-24)11-18(17)23)19-20(25)28(22(30)26-21(19)29)13-15-5-3-2-4-6-15/h2-8,11H,9-10,13-14,25H2,1H3,(H,26,29,30). The Hall–Kier alpha value is -3.90. The number of nitrogens with one attached hydrogen (secondary N) is 1. The molecule has 0 amide bonds. The lowest BCUT2D eigenvalue weighted by Gasteiger charge is -2.26. The lowest BCUT2D eigenvalue weighted by molar-refractivity contribution is 0.205. The highest BCUT2D eigenvalue weighted by Gasteiger charge is 2.20. The number of nitrogen functional groups attached to an aromatic ring is 1. The third kappa shape index (κ3) is 4.99. The number of rotatable bonds is 8. The summed E-state index contributed by atoms with van der Waals surface area (Å²) < 4.78 is 20.9. The summed E-state index contributed by atoms with van der Waals surface area (Å²) in [5.41, 5.74) is 6.31. The number of methoxy groups -OCH3 is 1. The molecular formula is C22H22FN5O3. The molecule has 0 unspecified atom stereocenters. The van der Waals surface area contributed by atoms with Crippen LogP contribution in [0.15, 0.2) is 58.1 Å². The first kappa shape index (κ1) is 21.8. The SMILES string of the molecule is COCCN(Cc1ccc(C#N)cc1F)c1c(N)n(Cc2ccccc2)c(=O)[nH]c1=O. The number of hydrogen-bond donors (Lipinski definition) is 2. The Morgan fingerprint density at radius 1 is 1.23 bits per heavy atom. The second-order valence-electron chi connectivity index (χ2n) is 6.90. The molecule has 0 radical (unpaired) electrons. The monoisotopic (exact) mass is 423 g/mol. The van der Waals surface area contributed by atoms with Crippen LogP contribution in [0.4, 0.5) is 15.9 Å². The number of ether oxygens (including phenoxy) is 1. The zero-order valence-electron chi connectivity index (χ0n) is 17.0. The van der Waals surface area contributed by atoms with Gasteiger partial charge in [-0.3, -0.25) is 14.3 Å². The van der Waals surface area contributed by atoms with Gasteiger partial charge < -0.3 is 15.4 Å². The van der Waals surface area contributed by atoms with Crippen molar-refractivity contribution in [2.45, 2.75) is 13.1 Å². The highest BCUT2D eigenvalue weighted by molar-refractivity contribution is 5.63. The molecule has 2 aromatic carbocycles. The van der Waals surface area contributed by atoms with Gasteiger partial charge in [0.1, 0.15) is 17.3 Å². The van der Waals surface area contributed by atoms with Crippen molar-refractivity contribution in [3.05, 3.63) is 91.9 Å². The first-order chi connectivity index (χ1) is 14.9. The summed E-state index contributed by atoms with van der Waals surface area (Å²) in [6.45, 7) is 0.637. The molecule has 3 rings (SSSR count). The molecule has 0 atom stereocenters. The number of aromatic nitrogens is 2. The second kappa shape index (κ2) is 9.73. The molecule has 31 heavy (non-hydrogen) atoms. The lowest BCUT2D eigenvalue weighted by atomic mass is 10.1. The van der Waals surface area contributed by atoms with Gasteiger partial charge in [0.2, 0.25) is 0 Å². The van der Waals surface area contributed by atoms with Gasteiger partial charge >= 0.3 is 5.69 Å². The molecule has 0 aliphatic heterocycles. The van der Waals surface area contributed by atoms with Gasteiger partial charge in [0.15, 0.2) is 0 Å². The van der Waals surface area contributed by atoms with Crippen molar-refractivity contribution in [1.29, 1.82) is 5.26 Å². The fraction of sp³-hybridized carbons (Fsp3) is 0.227. The highest BCUT2D eigenvalue weighted by Crippen LogP contribution is 2.21. The fourth-order valence-electron chi connectivity index (χ4n) is 3.23. The fourth-order valence-corrected chi connectivity index (χ4v) is 3.23. The van der Waals surface area contributed by atoms with Crippen molar-refractivity contribution >= 4 is 11.5 Å². The average Bonchev–Trinajstić information content (AvgIpc) is 2.76. The van der Waals surface area contributed by atoms with Crippen molar-refractivity contribution in [3.8, 4) is 6.07 Å². The lowest BCUT2D eigenvalue weighted by Crippen LogP contribution is -2.39. The highest BCUT2D eigenvalue weighted by atomic mass is 19.1. The molecule has 0 spiro atoms. The van der Waals surface area contributed by atoms with Crippen molar-refractivity contribution in [2.24, 2.45) is 0 Å². The van der Waals surface area contributed by atoms with Gasteiger partial charge in [-0.05, 0) is 17.7 Å². The van der Waals surface area contributed by atoms with E-state index in [1.807, 2.05) is 36.4 Å². The van der Waals surface area contributed by atoms with E-state index < -0.39 is 17.1 Å². The number of nitrogens with two attached hydrogens (primary N) is 1. The molecule has 0 aliphatic carbocycles. The minimum Gasteiger partial charge on any atom is -0.383 e. The summed E-state index contributed by atoms with van der Waals surface area (Å²) >= 11 is 0. The van der Waals surface area contributed by atoms with Crippen LogP contribution in [0.25, 0.3) is 0 Å². The molecule has 160 valence electrons. The zero-order valence-corrected chi connectivity index (χ0v) is 17.0. The number of H-pyrrole nitrogens is 1. The normalized spacial score (nSPS) is 10.6. The van der Waals surface area contributed by atoms with E-state index in [4.69, 9.17) is 15.7 Å². The van der Waals surface area contributed by atoms with Crippen LogP contribution < -0.4 is 21.9 Å². The Balaban J connectivity index is 2.04. The van der Waals surface area contributed by atoms with Crippen LogP contribution in [0.2, 0.25) is 0 Å². The number of anilines is 2. The molecule has 8 nitrogen and oxygen atoms in total. The van der Waals surface area contributed by atoms with Gasteiger partial charge in [-0.25, -0.2) is 9.18 Å². The quantitative estimate of drug-likeness (QED) is 0.571. The van der Waals surface area contributed by atoms with Crippen LogP contribution in [0, 0.1) is 17.1 Å². The molecule has 0 fully saturated rings. The third-order valence-electron chi connectivity index (χ3n) is 4.82. The first-order valence-electron chi connectivity index (χ1n) is 9.53. The van der Waals surface area contributed by atoms with Crippen molar-refractivity contribution in [1.82, 2.24) is 9.55 Å². The van der Waals surface area contributed by atoms with Gasteiger partial charge in [0.25, 0.3) is 5.56 Å². The van der Waals surface area contributed by atoms with Gasteiger partial charge in [0.05, 0.1) is 24.8 Å². The van der Waals surface area contributed by atoms with E-state index in [0.29, 0.717) is 0 Å². The van der Waals surface area contributed by atoms with E-state index in [2.05, 4.69) is 4.98 Å². The first-order valence-corrected chi connectivity index (χ1v) is 9.53. The Morgan fingerprint density at radius 3 is 2.61 bits per heavy atom. The van der Waals surface area contributed by atoms with Gasteiger partial charge in [-0.2, -0.15) is 5.26 Å². The maximum atomic E-state index is 14.5. The van der Waals surface area contributed by atoms with Crippen LogP contribution in [-0.2, 0) is 17.8 Å². The van der Waals surface area contributed by atoms with Crippen molar-refractivity contribution in [2.75, 3.05) is 30.9 Å². The number of nitriles is 1. The Labute approximate surface area is 177 Å². The topological polar surface area (TPSA) is 117 Å². The van der Waals surface area contributed by atoms with Crippen LogP contribution >= 0.6 is 0 Å². The number of aromatic amines is 1. The minimum absolute atomic E-state index is 0.00226. The number of halogens is 1. The summed E-state index contributed by atoms with van der Waals surface area (Å²) in [6.07, 6.45) is 0. The number of benzene rings is 2. The maximum absolute atomic E-state index is 14.5. The molecule has 1 aromatic heterocycles. The molecule has 1 heterocycles. The second-order valence-corrected chi connectivity index (χ2v) is 6.90. The molecule has 0 aliphatic rings. The number of nitrogens with zero attached hydrogens (tertiary/aromatic N) is 3. The van der Waals surface area contributed by atoms with Crippen LogP contribution in [-0.4, -0.2) is 29.8 Å². The van der Waals surface area contributed by atoms with Gasteiger partial charge in [0, 0.05) is 25.8 Å². The molecule has 3 aromatic rings. The molecular weight excluding hydrogens is 401 g/mol. The van der Waals surface area contributed by atoms with E-state index in [1.54, 1.807) is 4.90 Å². The molecule has 0 saturated heterocycles. The summed E-state index contributed by atoms with van der Waals surface area (Å²) in [5, 5.41) is 8.94. The van der Waals surface area contributed by atoms with Crippen LogP contribution in [0.3, 0.4) is 0 Å². The summed E-state index contributed by atoms with van der Waals surface area (Å²) in [4.78, 5) is 29.0. The third-order valence-corrected chi connectivity index (χ3v) is 4.82. The Morgan fingerprint density at radius 2 is 1.97 bits per heavy atom. The number of hydrogen-bond acceptors (Lipinski definition) is 6. The summed E-state index contributed by atoms with van der Waals surface area (Å²) in [6, 6.07) is 15.2. The van der Waals surface area contributed by atoms with E-state index in [0.717, 1.165) is 11.6 Å². The van der Waals surface area contributed by atoms with E-state index in [1.165, 1.54) is 23.8 Å². The predicted octanol–water partition coefficient (Wildman–Crippen LogP) is 1.83. The summed E-state index contributed by atoms with van der Waals surface area (Å²) in [7, 11) is 1.50. The molecule has 0 saturated carbocycles. The van der Waals surface area contributed by atoms with E-state index >= 15 is 0 Å². The van der Waals surface area contributed by atoms with E-state index in [-0.39, 0.29) is 48.9 Å². The predicted molar refractivity (Wildman–Crippen MR) is 115 cm³/mol. The molecule has 0 bridgehead atoms. The van der Waals surface area contributed by atoms with E-state index in [9.17, 15) is 14.0 Å². The average molecular weight is 423 g/mol. The van der Waals surface area contributed by atoms with Gasteiger partial charge in [-0.15, -0.1) is 0 Å². The largest absolute Gasteiger partial charge is 0.383 e. The van der Waals surface area contributed by atoms with Crippen molar-refractivity contribution in [3.63, 3.8) is 0 Å². The van der Waals surface area contributed by atoms with Crippen LogP contribution in [0.5, 0.6) is 0 Å². The maximum Gasteiger partial charge on any atom is 0.330 e. The molecule has 3 N–H and O–H groups in total. The smallest absolute Gasteiger partial charge is 0.330 e. The Bertz CT molecular complexity index is 1210. The molecule has 9 heteroatoms. The van der Waals surface area contributed by atoms with Crippen molar-refractivity contribution < 1.29 is 9.13 Å². The Kier molecular flexibility index (Phi) is 6.85. The summed E-state index contributed by atoms with van der Waals surface area (Å²) in [5.74, 6) is -0.600. The van der Waals surface area contributed by atoms with Gasteiger partial charge in [-0.1, -0.05) is 36.4 Å².